The van der Waals surface area contributed by atoms with E-state index in [1.807, 2.05) is 13.8 Å². The molecular formula is C18H18F3NO. The van der Waals surface area contributed by atoms with E-state index in [0.717, 1.165) is 12.1 Å². The Morgan fingerprint density at radius 2 is 1.52 bits per heavy atom. The van der Waals surface area contributed by atoms with Crippen LogP contribution < -0.4 is 0 Å². The number of carbonyl (C=O) groups excluding carboxylic acids is 1. The summed E-state index contributed by atoms with van der Waals surface area (Å²) >= 11 is 0. The van der Waals surface area contributed by atoms with E-state index in [0.29, 0.717) is 29.8 Å². The van der Waals surface area contributed by atoms with E-state index in [-0.39, 0.29) is 5.91 Å². The van der Waals surface area contributed by atoms with Crippen molar-refractivity contribution in [1.29, 1.82) is 0 Å². The third kappa shape index (κ3) is 3.73. The minimum Gasteiger partial charge on any atom is -0.339 e. The third-order valence-electron chi connectivity index (χ3n) is 3.73. The summed E-state index contributed by atoms with van der Waals surface area (Å²) in [6.07, 6.45) is -4.37. The van der Waals surface area contributed by atoms with Gasteiger partial charge in [-0.1, -0.05) is 30.3 Å². The van der Waals surface area contributed by atoms with E-state index in [2.05, 4.69) is 0 Å². The summed E-state index contributed by atoms with van der Waals surface area (Å²) in [5, 5.41) is 0. The van der Waals surface area contributed by atoms with Gasteiger partial charge in [-0.15, -0.1) is 0 Å². The van der Waals surface area contributed by atoms with Crippen LogP contribution in [0.3, 0.4) is 0 Å². The molecule has 2 rings (SSSR count). The van der Waals surface area contributed by atoms with Gasteiger partial charge in [0.2, 0.25) is 0 Å². The van der Waals surface area contributed by atoms with Crippen molar-refractivity contribution in [3.05, 3.63) is 59.7 Å². The molecule has 2 aromatic carbocycles. The van der Waals surface area contributed by atoms with Crippen molar-refractivity contribution in [2.24, 2.45) is 0 Å². The van der Waals surface area contributed by atoms with E-state index < -0.39 is 11.7 Å². The summed E-state index contributed by atoms with van der Waals surface area (Å²) in [6.45, 7) is 4.94. The fourth-order valence-corrected chi connectivity index (χ4v) is 2.44. The number of rotatable bonds is 4. The van der Waals surface area contributed by atoms with Gasteiger partial charge in [0.15, 0.2) is 0 Å². The normalized spacial score (nSPS) is 11.3. The van der Waals surface area contributed by atoms with Gasteiger partial charge in [0.25, 0.3) is 5.91 Å². The molecule has 0 heterocycles. The van der Waals surface area contributed by atoms with Crippen molar-refractivity contribution >= 4 is 5.91 Å². The molecule has 0 aliphatic heterocycles. The maximum atomic E-state index is 12.7. The Morgan fingerprint density at radius 3 is 2.04 bits per heavy atom. The molecule has 0 spiro atoms. The van der Waals surface area contributed by atoms with Crippen molar-refractivity contribution in [2.45, 2.75) is 20.0 Å². The first-order valence-electron chi connectivity index (χ1n) is 7.44. The number of nitrogens with zero attached hydrogens (tertiary/aromatic N) is 1. The molecule has 0 saturated carbocycles. The lowest BCUT2D eigenvalue weighted by molar-refractivity contribution is -0.137. The van der Waals surface area contributed by atoms with Crippen molar-refractivity contribution in [1.82, 2.24) is 4.90 Å². The summed E-state index contributed by atoms with van der Waals surface area (Å²) in [5.41, 5.74) is 1.02. The van der Waals surface area contributed by atoms with Gasteiger partial charge in [-0.05, 0) is 43.2 Å². The topological polar surface area (TPSA) is 20.3 Å². The molecule has 0 atom stereocenters. The Labute approximate surface area is 133 Å². The van der Waals surface area contributed by atoms with Gasteiger partial charge in [0.05, 0.1) is 5.56 Å². The number of halogens is 3. The van der Waals surface area contributed by atoms with Gasteiger partial charge < -0.3 is 4.90 Å². The highest BCUT2D eigenvalue weighted by Crippen LogP contribution is 2.32. The van der Waals surface area contributed by atoms with Crippen LogP contribution in [0, 0.1) is 0 Å². The molecule has 1 amide bonds. The Hall–Kier alpha value is -2.30. The third-order valence-corrected chi connectivity index (χ3v) is 3.73. The highest BCUT2D eigenvalue weighted by Gasteiger charge is 2.30. The van der Waals surface area contributed by atoms with Gasteiger partial charge in [-0.3, -0.25) is 4.79 Å². The van der Waals surface area contributed by atoms with Crippen molar-refractivity contribution in [2.75, 3.05) is 13.1 Å². The molecule has 0 aromatic heterocycles. The molecule has 2 nitrogen and oxygen atoms in total. The van der Waals surface area contributed by atoms with E-state index in [1.54, 1.807) is 29.2 Å². The van der Waals surface area contributed by atoms with Crippen LogP contribution in [0.15, 0.2) is 48.5 Å². The van der Waals surface area contributed by atoms with E-state index in [9.17, 15) is 18.0 Å². The molecule has 0 unspecified atom stereocenters. The summed E-state index contributed by atoms with van der Waals surface area (Å²) < 4.78 is 38.0. The van der Waals surface area contributed by atoms with Crippen LogP contribution in [0.25, 0.3) is 11.1 Å². The molecule has 0 saturated heterocycles. The molecule has 0 bridgehead atoms. The van der Waals surface area contributed by atoms with E-state index in [1.165, 1.54) is 12.1 Å². The van der Waals surface area contributed by atoms with Gasteiger partial charge in [-0.2, -0.15) is 13.2 Å². The average Bonchev–Trinajstić information content (AvgIpc) is 2.55. The monoisotopic (exact) mass is 321 g/mol. The minimum absolute atomic E-state index is 0.120. The molecule has 23 heavy (non-hydrogen) atoms. The second-order valence-electron chi connectivity index (χ2n) is 5.10. The number of alkyl halides is 3. The quantitative estimate of drug-likeness (QED) is 0.788. The largest absolute Gasteiger partial charge is 0.416 e. The van der Waals surface area contributed by atoms with Crippen LogP contribution >= 0.6 is 0 Å². The van der Waals surface area contributed by atoms with Crippen LogP contribution in [0.2, 0.25) is 0 Å². The molecule has 2 aromatic rings. The van der Waals surface area contributed by atoms with Gasteiger partial charge in [0, 0.05) is 18.7 Å². The highest BCUT2D eigenvalue weighted by molar-refractivity contribution is 6.00. The van der Waals surface area contributed by atoms with Crippen LogP contribution in [0.5, 0.6) is 0 Å². The zero-order valence-corrected chi connectivity index (χ0v) is 13.0. The minimum atomic E-state index is -4.37. The number of benzene rings is 2. The first kappa shape index (κ1) is 17.1. The number of carbonyl (C=O) groups is 1. The maximum absolute atomic E-state index is 12.7. The summed E-state index contributed by atoms with van der Waals surface area (Å²) in [6, 6.07) is 11.8. The number of hydrogen-bond donors (Lipinski definition) is 0. The molecule has 0 fully saturated rings. The van der Waals surface area contributed by atoms with Gasteiger partial charge in [0.1, 0.15) is 0 Å². The Morgan fingerprint density at radius 1 is 0.957 bits per heavy atom. The molecule has 0 radical (unpaired) electrons. The van der Waals surface area contributed by atoms with Crippen LogP contribution in [0.4, 0.5) is 13.2 Å². The van der Waals surface area contributed by atoms with E-state index in [4.69, 9.17) is 0 Å². The zero-order chi connectivity index (χ0) is 17.0. The lowest BCUT2D eigenvalue weighted by Gasteiger charge is -2.20. The summed E-state index contributed by atoms with van der Waals surface area (Å²) in [4.78, 5) is 14.3. The van der Waals surface area contributed by atoms with Crippen molar-refractivity contribution in [3.63, 3.8) is 0 Å². The molecular weight excluding hydrogens is 303 g/mol. The SMILES string of the molecule is CCN(CC)C(=O)c1ccccc1-c1ccc(C(F)(F)F)cc1. The standard InChI is InChI=1S/C18H18F3NO/c1-3-22(4-2)17(23)16-8-6-5-7-15(16)13-9-11-14(12-10-13)18(19,20)21/h5-12H,3-4H2,1-2H3. The predicted octanol–water partition coefficient (Wildman–Crippen LogP) is 4.85. The Bertz CT molecular complexity index is 673. The Balaban J connectivity index is 2.43. The molecule has 5 heteroatoms. The van der Waals surface area contributed by atoms with Crippen molar-refractivity contribution in [3.8, 4) is 11.1 Å². The van der Waals surface area contributed by atoms with Crippen LogP contribution in [-0.2, 0) is 6.18 Å². The lowest BCUT2D eigenvalue weighted by atomic mass is 9.97. The Kier molecular flexibility index (Phi) is 5.08. The summed E-state index contributed by atoms with van der Waals surface area (Å²) in [5.74, 6) is -0.120. The fourth-order valence-electron chi connectivity index (χ4n) is 2.44. The second-order valence-corrected chi connectivity index (χ2v) is 5.10. The predicted molar refractivity (Wildman–Crippen MR) is 84.1 cm³/mol. The molecule has 0 aliphatic rings. The molecule has 0 aliphatic carbocycles. The average molecular weight is 321 g/mol. The molecule has 0 N–H and O–H groups in total. The maximum Gasteiger partial charge on any atom is 0.416 e. The van der Waals surface area contributed by atoms with Crippen LogP contribution in [0.1, 0.15) is 29.8 Å². The zero-order valence-electron chi connectivity index (χ0n) is 13.0. The first-order chi connectivity index (χ1) is 10.9. The first-order valence-corrected chi connectivity index (χ1v) is 7.44. The lowest BCUT2D eigenvalue weighted by Crippen LogP contribution is -2.30. The van der Waals surface area contributed by atoms with E-state index >= 15 is 0 Å². The second kappa shape index (κ2) is 6.86. The van der Waals surface area contributed by atoms with Crippen LogP contribution in [-0.4, -0.2) is 23.9 Å². The summed E-state index contributed by atoms with van der Waals surface area (Å²) in [7, 11) is 0. The number of hydrogen-bond acceptors (Lipinski definition) is 1. The highest BCUT2D eigenvalue weighted by atomic mass is 19.4. The fraction of sp³-hybridized carbons (Fsp3) is 0.278. The smallest absolute Gasteiger partial charge is 0.339 e. The number of amides is 1. The molecule has 122 valence electrons. The van der Waals surface area contributed by atoms with Gasteiger partial charge >= 0.3 is 6.18 Å². The van der Waals surface area contributed by atoms with Crippen molar-refractivity contribution < 1.29 is 18.0 Å². The van der Waals surface area contributed by atoms with Gasteiger partial charge in [-0.25, -0.2) is 0 Å².